The lowest BCUT2D eigenvalue weighted by Crippen LogP contribution is -2.36. The molecule has 1 aliphatic rings. The van der Waals surface area contributed by atoms with Gasteiger partial charge in [0.25, 0.3) is 0 Å². The number of nitrogens with zero attached hydrogens (tertiary/aromatic N) is 1. The van der Waals surface area contributed by atoms with E-state index in [1.165, 1.54) is 18.4 Å². The lowest BCUT2D eigenvalue weighted by molar-refractivity contribution is -0.115. The highest BCUT2D eigenvalue weighted by molar-refractivity contribution is 7.17. The first-order valence-corrected chi connectivity index (χ1v) is 10.7. The van der Waals surface area contributed by atoms with E-state index in [0.717, 1.165) is 27.1 Å². The van der Waals surface area contributed by atoms with Crippen molar-refractivity contribution in [1.82, 2.24) is 4.90 Å². The van der Waals surface area contributed by atoms with Gasteiger partial charge in [-0.2, -0.15) is 0 Å². The summed E-state index contributed by atoms with van der Waals surface area (Å²) >= 11 is 1.31. The molecule has 2 amide bonds. The predicted molar refractivity (Wildman–Crippen MR) is 115 cm³/mol. The number of ether oxygens (including phenoxy) is 2. The summed E-state index contributed by atoms with van der Waals surface area (Å²) in [5.41, 5.74) is 4.29. The van der Waals surface area contributed by atoms with Crippen LogP contribution >= 0.6 is 11.3 Å². The molecule has 1 aliphatic heterocycles. The summed E-state index contributed by atoms with van der Waals surface area (Å²) in [5.74, 6) is -0.686. The van der Waals surface area contributed by atoms with Gasteiger partial charge in [0.15, 0.2) is 0 Å². The van der Waals surface area contributed by atoms with Gasteiger partial charge in [-0.25, -0.2) is 9.59 Å². The average Bonchev–Trinajstić information content (AvgIpc) is 3.07. The van der Waals surface area contributed by atoms with Crippen LogP contribution in [0.25, 0.3) is 0 Å². The zero-order chi connectivity index (χ0) is 21.8. The van der Waals surface area contributed by atoms with Gasteiger partial charge in [0.2, 0.25) is 5.91 Å². The lowest BCUT2D eigenvalue weighted by atomic mass is 10.0. The molecular formula is C22H26N2O5S. The minimum Gasteiger partial charge on any atom is -0.465 e. The van der Waals surface area contributed by atoms with Gasteiger partial charge in [0.05, 0.1) is 32.2 Å². The largest absolute Gasteiger partial charge is 0.465 e. The summed E-state index contributed by atoms with van der Waals surface area (Å²) in [6, 6.07) is 5.99. The molecule has 7 nitrogen and oxygen atoms in total. The van der Waals surface area contributed by atoms with E-state index in [9.17, 15) is 14.4 Å². The number of anilines is 1. The number of rotatable bonds is 5. The molecule has 2 aromatic rings. The maximum Gasteiger partial charge on any atom is 0.410 e. The van der Waals surface area contributed by atoms with Crippen LogP contribution in [0.3, 0.4) is 0 Å². The van der Waals surface area contributed by atoms with Crippen LogP contribution in [0.5, 0.6) is 0 Å². The van der Waals surface area contributed by atoms with Crippen molar-refractivity contribution in [3.63, 3.8) is 0 Å². The van der Waals surface area contributed by atoms with Crippen LogP contribution < -0.4 is 5.32 Å². The second-order valence-corrected chi connectivity index (χ2v) is 8.33. The van der Waals surface area contributed by atoms with Gasteiger partial charge in [-0.1, -0.05) is 23.8 Å². The highest BCUT2D eigenvalue weighted by atomic mass is 32.1. The first-order valence-electron chi connectivity index (χ1n) is 9.84. The fourth-order valence-electron chi connectivity index (χ4n) is 3.51. The van der Waals surface area contributed by atoms with Crippen LogP contribution in [-0.2, 0) is 33.7 Å². The maximum atomic E-state index is 12.7. The number of hydrogen-bond acceptors (Lipinski definition) is 6. The first-order chi connectivity index (χ1) is 14.3. The number of thiophene rings is 1. The van der Waals surface area contributed by atoms with Crippen molar-refractivity contribution in [2.75, 3.05) is 25.6 Å². The zero-order valence-corrected chi connectivity index (χ0v) is 18.5. The molecule has 8 heteroatoms. The van der Waals surface area contributed by atoms with E-state index in [1.807, 2.05) is 32.0 Å². The summed E-state index contributed by atoms with van der Waals surface area (Å²) in [6.07, 6.45) is 0.338. The number of benzene rings is 1. The van der Waals surface area contributed by atoms with Crippen LogP contribution in [0, 0.1) is 13.8 Å². The molecule has 3 rings (SSSR count). The number of fused-ring (bicyclic) bond motifs is 1. The van der Waals surface area contributed by atoms with Crippen molar-refractivity contribution >= 4 is 34.3 Å². The number of aryl methyl sites for hydroxylation is 2. The van der Waals surface area contributed by atoms with Crippen molar-refractivity contribution in [1.29, 1.82) is 0 Å². The fraction of sp³-hybridized carbons (Fsp3) is 0.409. The Balaban J connectivity index is 1.84. The zero-order valence-electron chi connectivity index (χ0n) is 17.7. The number of hydrogen-bond donors (Lipinski definition) is 1. The standard InChI is InChI=1S/C22H26N2O5S/c1-5-29-22(27)24-9-8-16-17(12-24)30-20(19(16)21(26)28-4)23-18(25)11-15-10-13(2)6-7-14(15)3/h6-7,10H,5,8-9,11-12H2,1-4H3,(H,23,25). The molecule has 0 unspecified atom stereocenters. The molecule has 160 valence electrons. The van der Waals surface area contributed by atoms with Crippen LogP contribution in [0.2, 0.25) is 0 Å². The van der Waals surface area contributed by atoms with Crippen molar-refractivity contribution in [3.8, 4) is 0 Å². The van der Waals surface area contributed by atoms with Gasteiger partial charge in [0, 0.05) is 11.4 Å². The Bertz CT molecular complexity index is 982. The Labute approximate surface area is 180 Å². The Hall–Kier alpha value is -2.87. The number of carbonyl (C=O) groups excluding carboxylic acids is 3. The Morgan fingerprint density at radius 3 is 2.70 bits per heavy atom. The molecule has 0 bridgehead atoms. The molecule has 1 N–H and O–H groups in total. The summed E-state index contributed by atoms with van der Waals surface area (Å²) in [4.78, 5) is 39.7. The van der Waals surface area contributed by atoms with Gasteiger partial charge in [-0.05, 0) is 43.9 Å². The molecule has 0 saturated heterocycles. The Kier molecular flexibility index (Phi) is 6.77. The van der Waals surface area contributed by atoms with E-state index in [2.05, 4.69) is 5.32 Å². The van der Waals surface area contributed by atoms with Crippen LogP contribution in [-0.4, -0.2) is 43.1 Å². The monoisotopic (exact) mass is 430 g/mol. The molecule has 30 heavy (non-hydrogen) atoms. The smallest absolute Gasteiger partial charge is 0.410 e. The molecule has 1 aromatic carbocycles. The molecule has 0 saturated carbocycles. The number of nitrogens with one attached hydrogen (secondary N) is 1. The molecule has 1 aromatic heterocycles. The van der Waals surface area contributed by atoms with Gasteiger partial charge in [-0.15, -0.1) is 11.3 Å². The maximum absolute atomic E-state index is 12.7. The van der Waals surface area contributed by atoms with Crippen LogP contribution in [0.1, 0.15) is 44.4 Å². The van der Waals surface area contributed by atoms with E-state index in [-0.39, 0.29) is 18.4 Å². The molecule has 0 fully saturated rings. The van der Waals surface area contributed by atoms with E-state index >= 15 is 0 Å². The van der Waals surface area contributed by atoms with Crippen molar-refractivity contribution in [2.24, 2.45) is 0 Å². The van der Waals surface area contributed by atoms with E-state index in [1.54, 1.807) is 11.8 Å². The fourth-order valence-corrected chi connectivity index (χ4v) is 4.78. The third-order valence-corrected chi connectivity index (χ3v) is 6.21. The normalized spacial score (nSPS) is 12.9. The van der Waals surface area contributed by atoms with Crippen molar-refractivity contribution in [3.05, 3.63) is 50.9 Å². The summed E-state index contributed by atoms with van der Waals surface area (Å²) < 4.78 is 10.0. The van der Waals surface area contributed by atoms with Crippen LogP contribution in [0.15, 0.2) is 18.2 Å². The van der Waals surface area contributed by atoms with Crippen molar-refractivity contribution in [2.45, 2.75) is 40.2 Å². The third-order valence-electron chi connectivity index (χ3n) is 5.08. The minimum absolute atomic E-state index is 0.199. The molecular weight excluding hydrogens is 404 g/mol. The summed E-state index contributed by atoms with van der Waals surface area (Å²) in [6.45, 7) is 6.81. The summed E-state index contributed by atoms with van der Waals surface area (Å²) in [7, 11) is 1.32. The van der Waals surface area contributed by atoms with Gasteiger partial charge in [0.1, 0.15) is 5.00 Å². The SMILES string of the molecule is CCOC(=O)N1CCc2c(sc(NC(=O)Cc3cc(C)ccc3C)c2C(=O)OC)C1. The third kappa shape index (κ3) is 4.64. The van der Waals surface area contributed by atoms with Gasteiger partial charge >= 0.3 is 12.1 Å². The average molecular weight is 431 g/mol. The lowest BCUT2D eigenvalue weighted by Gasteiger charge is -2.26. The Morgan fingerprint density at radius 2 is 2.00 bits per heavy atom. The topological polar surface area (TPSA) is 84.9 Å². The highest BCUT2D eigenvalue weighted by Crippen LogP contribution is 2.38. The Morgan fingerprint density at radius 1 is 1.23 bits per heavy atom. The molecule has 0 aliphatic carbocycles. The molecule has 0 atom stereocenters. The number of methoxy groups -OCH3 is 1. The number of amides is 2. The number of esters is 1. The second-order valence-electron chi connectivity index (χ2n) is 7.22. The summed E-state index contributed by atoms with van der Waals surface area (Å²) in [5, 5.41) is 3.36. The number of carbonyl (C=O) groups is 3. The quantitative estimate of drug-likeness (QED) is 0.729. The molecule has 2 heterocycles. The minimum atomic E-state index is -0.487. The first kappa shape index (κ1) is 21.8. The highest BCUT2D eigenvalue weighted by Gasteiger charge is 2.31. The van der Waals surface area contributed by atoms with E-state index in [4.69, 9.17) is 9.47 Å². The van der Waals surface area contributed by atoms with E-state index < -0.39 is 5.97 Å². The van der Waals surface area contributed by atoms with Gasteiger partial charge in [-0.3, -0.25) is 4.79 Å². The molecule has 0 spiro atoms. The molecule has 0 radical (unpaired) electrons. The van der Waals surface area contributed by atoms with Gasteiger partial charge < -0.3 is 19.7 Å². The van der Waals surface area contributed by atoms with E-state index in [0.29, 0.717) is 36.7 Å². The second kappa shape index (κ2) is 9.30. The van der Waals surface area contributed by atoms with Crippen LogP contribution in [0.4, 0.5) is 9.80 Å². The van der Waals surface area contributed by atoms with Crippen molar-refractivity contribution < 1.29 is 23.9 Å². The predicted octanol–water partition coefficient (Wildman–Crippen LogP) is 3.85.